The molecule has 146 valence electrons. The molecule has 1 aromatic carbocycles. The molecule has 1 aliphatic heterocycles. The van der Waals surface area contributed by atoms with Crippen LogP contribution in [0.2, 0.25) is 0 Å². The van der Waals surface area contributed by atoms with Crippen LogP contribution in [-0.4, -0.2) is 45.8 Å². The number of aryl methyl sites for hydroxylation is 2. The second kappa shape index (κ2) is 9.21. The predicted molar refractivity (Wildman–Crippen MR) is 111 cm³/mol. The van der Waals surface area contributed by atoms with E-state index in [9.17, 15) is 4.79 Å². The number of fused-ring (bicyclic) bond motifs is 1. The molecule has 0 atom stereocenters. The second-order valence-electron chi connectivity index (χ2n) is 6.81. The van der Waals surface area contributed by atoms with Gasteiger partial charge >= 0.3 is 5.69 Å². The first-order chi connectivity index (χ1) is 13.1. The zero-order valence-corrected chi connectivity index (χ0v) is 17.6. The molecule has 0 radical (unpaired) electrons. The second-order valence-corrected chi connectivity index (χ2v) is 7.66. The summed E-state index contributed by atoms with van der Waals surface area (Å²) in [5.74, 6) is 1.77. The molecule has 3 rings (SSSR count). The average Bonchev–Trinajstić information content (AvgIpc) is 3.00. The van der Waals surface area contributed by atoms with Crippen LogP contribution in [-0.2, 0) is 26.1 Å². The molecule has 2 heterocycles. The SMILES string of the molecule is CN=C(NCCCn1nc2n(c1=O)CCCC2)N(C)Cc1ccccc1Br. The van der Waals surface area contributed by atoms with Crippen LogP contribution in [0, 0.1) is 0 Å². The van der Waals surface area contributed by atoms with Gasteiger partial charge in [0.05, 0.1) is 0 Å². The van der Waals surface area contributed by atoms with E-state index in [4.69, 9.17) is 0 Å². The first-order valence-electron chi connectivity index (χ1n) is 9.42. The molecule has 0 aliphatic carbocycles. The Hall–Kier alpha value is -2.09. The van der Waals surface area contributed by atoms with Crippen molar-refractivity contribution in [3.8, 4) is 0 Å². The Labute approximate surface area is 168 Å². The maximum atomic E-state index is 12.3. The Morgan fingerprint density at radius 1 is 1.37 bits per heavy atom. The van der Waals surface area contributed by atoms with Crippen LogP contribution in [0.25, 0.3) is 0 Å². The zero-order valence-electron chi connectivity index (χ0n) is 16.0. The van der Waals surface area contributed by atoms with Gasteiger partial charge in [-0.1, -0.05) is 34.1 Å². The highest BCUT2D eigenvalue weighted by molar-refractivity contribution is 9.10. The maximum Gasteiger partial charge on any atom is 0.345 e. The lowest BCUT2D eigenvalue weighted by molar-refractivity contribution is 0.468. The standard InChI is InChI=1S/C19H27BrN6O/c1-21-18(24(2)14-15-8-3-4-9-16(15)20)22-11-7-13-26-19(27)25-12-6-5-10-17(25)23-26/h3-4,8-9H,5-7,10-14H2,1-2H3,(H,21,22). The van der Waals surface area contributed by atoms with E-state index < -0.39 is 0 Å². The number of aliphatic imine (C=N–C) groups is 1. The molecule has 0 unspecified atom stereocenters. The quantitative estimate of drug-likeness (QED) is 0.430. The molecular weight excluding hydrogens is 408 g/mol. The van der Waals surface area contributed by atoms with Gasteiger partial charge in [0.25, 0.3) is 0 Å². The summed E-state index contributed by atoms with van der Waals surface area (Å²) in [5.41, 5.74) is 1.23. The summed E-state index contributed by atoms with van der Waals surface area (Å²) in [6.07, 6.45) is 3.92. The van der Waals surface area contributed by atoms with Gasteiger partial charge in [-0.25, -0.2) is 9.48 Å². The molecule has 1 N–H and O–H groups in total. The maximum absolute atomic E-state index is 12.3. The normalized spacial score (nSPS) is 14.1. The highest BCUT2D eigenvalue weighted by atomic mass is 79.9. The topological polar surface area (TPSA) is 67.5 Å². The van der Waals surface area contributed by atoms with E-state index in [2.05, 4.69) is 42.3 Å². The lowest BCUT2D eigenvalue weighted by Gasteiger charge is -2.22. The molecule has 0 saturated heterocycles. The molecule has 2 aromatic rings. The average molecular weight is 435 g/mol. The van der Waals surface area contributed by atoms with Gasteiger partial charge < -0.3 is 10.2 Å². The van der Waals surface area contributed by atoms with Crippen LogP contribution >= 0.6 is 15.9 Å². The lowest BCUT2D eigenvalue weighted by Crippen LogP contribution is -2.39. The highest BCUT2D eigenvalue weighted by Gasteiger charge is 2.16. The van der Waals surface area contributed by atoms with Crippen molar-refractivity contribution in [2.75, 3.05) is 20.6 Å². The number of benzene rings is 1. The van der Waals surface area contributed by atoms with Crippen LogP contribution in [0.3, 0.4) is 0 Å². The molecule has 1 aromatic heterocycles. The van der Waals surface area contributed by atoms with Gasteiger partial charge in [-0.2, -0.15) is 5.10 Å². The number of guanidine groups is 1. The summed E-state index contributed by atoms with van der Waals surface area (Å²) in [4.78, 5) is 18.8. The van der Waals surface area contributed by atoms with Gasteiger partial charge in [0.2, 0.25) is 0 Å². The summed E-state index contributed by atoms with van der Waals surface area (Å²) in [6.45, 7) is 2.92. The molecule has 27 heavy (non-hydrogen) atoms. The smallest absolute Gasteiger partial charge is 0.345 e. The first kappa shape index (κ1) is 19.7. The predicted octanol–water partition coefficient (Wildman–Crippen LogP) is 2.24. The molecule has 0 spiro atoms. The van der Waals surface area contributed by atoms with Crippen LogP contribution in [0.15, 0.2) is 38.5 Å². The fraction of sp³-hybridized carbons (Fsp3) is 0.526. The number of halogens is 1. The number of aromatic nitrogens is 3. The monoisotopic (exact) mass is 434 g/mol. The minimum absolute atomic E-state index is 0.0279. The van der Waals surface area contributed by atoms with Crippen LogP contribution in [0.1, 0.15) is 30.7 Å². The van der Waals surface area contributed by atoms with Gasteiger partial charge in [0, 0.05) is 51.2 Å². The van der Waals surface area contributed by atoms with Crippen molar-refractivity contribution in [3.05, 3.63) is 50.6 Å². The molecule has 0 fully saturated rings. The van der Waals surface area contributed by atoms with Crippen molar-refractivity contribution >= 4 is 21.9 Å². The fourth-order valence-electron chi connectivity index (χ4n) is 3.36. The Morgan fingerprint density at radius 3 is 2.93 bits per heavy atom. The Balaban J connectivity index is 1.49. The van der Waals surface area contributed by atoms with Crippen molar-refractivity contribution < 1.29 is 0 Å². The zero-order chi connectivity index (χ0) is 19.2. The van der Waals surface area contributed by atoms with Gasteiger partial charge in [-0.05, 0) is 30.9 Å². The number of nitrogens with zero attached hydrogens (tertiary/aromatic N) is 5. The minimum Gasteiger partial charge on any atom is -0.356 e. The Kier molecular flexibility index (Phi) is 6.71. The Morgan fingerprint density at radius 2 is 2.19 bits per heavy atom. The number of nitrogens with one attached hydrogen (secondary N) is 1. The number of rotatable bonds is 6. The molecular formula is C19H27BrN6O. The first-order valence-corrected chi connectivity index (χ1v) is 10.2. The van der Waals surface area contributed by atoms with E-state index in [0.717, 1.165) is 61.6 Å². The van der Waals surface area contributed by atoms with Gasteiger partial charge in [-0.15, -0.1) is 0 Å². The third-order valence-electron chi connectivity index (χ3n) is 4.80. The highest BCUT2D eigenvalue weighted by Crippen LogP contribution is 2.17. The van der Waals surface area contributed by atoms with Gasteiger partial charge in [-0.3, -0.25) is 9.56 Å². The van der Waals surface area contributed by atoms with Crippen molar-refractivity contribution in [3.63, 3.8) is 0 Å². The molecule has 0 amide bonds. The third kappa shape index (κ3) is 4.80. The lowest BCUT2D eigenvalue weighted by atomic mass is 10.2. The fourth-order valence-corrected chi connectivity index (χ4v) is 3.78. The molecule has 0 bridgehead atoms. The molecule has 1 aliphatic rings. The van der Waals surface area contributed by atoms with Crippen molar-refractivity contribution in [2.45, 2.75) is 45.3 Å². The van der Waals surface area contributed by atoms with E-state index in [1.807, 2.05) is 29.8 Å². The van der Waals surface area contributed by atoms with Crippen LogP contribution in [0.5, 0.6) is 0 Å². The van der Waals surface area contributed by atoms with Crippen molar-refractivity contribution in [2.24, 2.45) is 4.99 Å². The van der Waals surface area contributed by atoms with Crippen molar-refractivity contribution in [1.82, 2.24) is 24.6 Å². The number of hydrogen-bond donors (Lipinski definition) is 1. The largest absolute Gasteiger partial charge is 0.356 e. The van der Waals surface area contributed by atoms with Crippen LogP contribution in [0.4, 0.5) is 0 Å². The summed E-state index contributed by atoms with van der Waals surface area (Å²) in [7, 11) is 3.80. The molecule has 7 nitrogen and oxygen atoms in total. The molecule has 0 saturated carbocycles. The van der Waals surface area contributed by atoms with E-state index in [0.29, 0.717) is 6.54 Å². The summed E-state index contributed by atoms with van der Waals surface area (Å²) in [6, 6.07) is 8.19. The van der Waals surface area contributed by atoms with E-state index in [1.165, 1.54) is 5.56 Å². The van der Waals surface area contributed by atoms with E-state index >= 15 is 0 Å². The summed E-state index contributed by atoms with van der Waals surface area (Å²) in [5, 5.41) is 7.85. The third-order valence-corrected chi connectivity index (χ3v) is 5.57. The minimum atomic E-state index is 0.0279. The number of hydrogen-bond acceptors (Lipinski definition) is 3. The molecule has 8 heteroatoms. The van der Waals surface area contributed by atoms with Gasteiger partial charge in [0.1, 0.15) is 5.82 Å². The van der Waals surface area contributed by atoms with E-state index in [1.54, 1.807) is 11.7 Å². The van der Waals surface area contributed by atoms with Gasteiger partial charge in [0.15, 0.2) is 5.96 Å². The Bertz CT molecular complexity index is 856. The summed E-state index contributed by atoms with van der Waals surface area (Å²) >= 11 is 3.59. The van der Waals surface area contributed by atoms with Crippen LogP contribution < -0.4 is 11.0 Å². The van der Waals surface area contributed by atoms with Crippen molar-refractivity contribution in [1.29, 1.82) is 0 Å². The summed E-state index contributed by atoms with van der Waals surface area (Å²) < 4.78 is 4.52. The van der Waals surface area contributed by atoms with E-state index in [-0.39, 0.29) is 5.69 Å².